The highest BCUT2D eigenvalue weighted by molar-refractivity contribution is 8.23. The predicted molar refractivity (Wildman–Crippen MR) is 95.0 cm³/mol. The number of aryl methyl sites for hydroxylation is 1. The number of nitrogens with zero attached hydrogens (tertiary/aromatic N) is 3. The van der Waals surface area contributed by atoms with Crippen molar-refractivity contribution in [2.24, 2.45) is 5.10 Å². The van der Waals surface area contributed by atoms with Crippen molar-refractivity contribution in [3.05, 3.63) is 51.8 Å². The highest BCUT2D eigenvalue weighted by atomic mass is 32.2. The predicted octanol–water partition coefficient (Wildman–Crippen LogP) is 3.36. The zero-order chi connectivity index (χ0) is 17.3. The van der Waals surface area contributed by atoms with E-state index in [2.05, 4.69) is 5.10 Å². The fraction of sp³-hybridized carbons (Fsp3) is 0.133. The molecule has 0 N–H and O–H groups in total. The number of nitro benzene ring substituents is 1. The van der Waals surface area contributed by atoms with Gasteiger partial charge in [-0.15, -0.1) is 0 Å². The lowest BCUT2D eigenvalue weighted by molar-refractivity contribution is -0.385. The highest BCUT2D eigenvalue weighted by Crippen LogP contribution is 2.28. The second-order valence-electron chi connectivity index (χ2n) is 4.97. The summed E-state index contributed by atoms with van der Waals surface area (Å²) in [5.74, 6) is 0.999. The molecular formula is C15H11N3O4S2. The summed E-state index contributed by atoms with van der Waals surface area (Å²) in [5, 5.41) is 16.2. The van der Waals surface area contributed by atoms with Crippen molar-refractivity contribution in [3.63, 3.8) is 0 Å². The third kappa shape index (κ3) is 3.22. The van der Waals surface area contributed by atoms with E-state index in [0.29, 0.717) is 27.0 Å². The molecule has 0 atom stereocenters. The Labute approximate surface area is 146 Å². The number of hydrogen-bond donors (Lipinski definition) is 0. The van der Waals surface area contributed by atoms with Crippen LogP contribution in [0.1, 0.15) is 11.3 Å². The van der Waals surface area contributed by atoms with E-state index in [1.54, 1.807) is 31.2 Å². The number of nitro groups is 1. The molecule has 0 bridgehead atoms. The van der Waals surface area contributed by atoms with Gasteiger partial charge in [0.25, 0.3) is 11.6 Å². The van der Waals surface area contributed by atoms with Gasteiger partial charge in [0.15, 0.2) is 4.32 Å². The fourth-order valence-electron chi connectivity index (χ4n) is 2.11. The number of rotatable bonds is 4. The number of thioether (sulfide) groups is 1. The smallest absolute Gasteiger partial charge is 0.273 e. The fourth-order valence-corrected chi connectivity index (χ4v) is 3.08. The molecule has 0 radical (unpaired) electrons. The van der Waals surface area contributed by atoms with Crippen LogP contribution in [-0.4, -0.2) is 32.1 Å². The minimum absolute atomic E-state index is 0.0316. The Bertz CT molecular complexity index is 859. The van der Waals surface area contributed by atoms with Crippen molar-refractivity contribution in [3.8, 4) is 11.3 Å². The van der Waals surface area contributed by atoms with E-state index in [1.807, 2.05) is 0 Å². The maximum atomic E-state index is 11.6. The Kier molecular flexibility index (Phi) is 4.45. The summed E-state index contributed by atoms with van der Waals surface area (Å²) in [6.45, 7) is 1.68. The van der Waals surface area contributed by atoms with Crippen molar-refractivity contribution in [1.82, 2.24) is 5.01 Å². The molecule has 122 valence electrons. The monoisotopic (exact) mass is 361 g/mol. The lowest BCUT2D eigenvalue weighted by Gasteiger charge is -2.05. The molecule has 1 amide bonds. The van der Waals surface area contributed by atoms with Gasteiger partial charge in [-0.2, -0.15) is 10.1 Å². The molecule has 1 fully saturated rings. The molecule has 24 heavy (non-hydrogen) atoms. The van der Waals surface area contributed by atoms with Crippen LogP contribution in [0.3, 0.4) is 0 Å². The van der Waals surface area contributed by atoms with Gasteiger partial charge in [-0.25, -0.2) is 0 Å². The highest BCUT2D eigenvalue weighted by Gasteiger charge is 2.26. The van der Waals surface area contributed by atoms with Crippen molar-refractivity contribution in [1.29, 1.82) is 0 Å². The SMILES string of the molecule is Cc1ccc(-c2ccc(/C=N/N3C(=O)CSC3=S)o2)cc1[N+](=O)[O-]. The first-order chi connectivity index (χ1) is 11.5. The Morgan fingerprint density at radius 2 is 2.21 bits per heavy atom. The molecule has 1 aromatic heterocycles. The van der Waals surface area contributed by atoms with Gasteiger partial charge in [0.05, 0.1) is 16.9 Å². The van der Waals surface area contributed by atoms with E-state index in [1.165, 1.54) is 24.0 Å². The van der Waals surface area contributed by atoms with Crippen molar-refractivity contribution < 1.29 is 14.1 Å². The van der Waals surface area contributed by atoms with Crippen molar-refractivity contribution in [2.75, 3.05) is 5.75 Å². The molecule has 0 aliphatic carbocycles. The topological polar surface area (TPSA) is 89.0 Å². The Morgan fingerprint density at radius 3 is 2.88 bits per heavy atom. The van der Waals surface area contributed by atoms with Crippen LogP contribution >= 0.6 is 24.0 Å². The molecule has 9 heteroatoms. The second kappa shape index (κ2) is 6.54. The average Bonchev–Trinajstić information content (AvgIpc) is 3.13. The van der Waals surface area contributed by atoms with Gasteiger partial charge in [-0.05, 0) is 19.1 Å². The summed E-state index contributed by atoms with van der Waals surface area (Å²) in [7, 11) is 0. The first-order valence-electron chi connectivity index (χ1n) is 6.84. The normalized spacial score (nSPS) is 14.8. The minimum atomic E-state index is -0.429. The maximum Gasteiger partial charge on any atom is 0.273 e. The van der Waals surface area contributed by atoms with Gasteiger partial charge in [-0.1, -0.05) is 36.1 Å². The molecule has 1 aliphatic heterocycles. The molecule has 7 nitrogen and oxygen atoms in total. The molecule has 3 rings (SSSR count). The number of furan rings is 1. The van der Waals surface area contributed by atoms with Crippen LogP contribution in [0.2, 0.25) is 0 Å². The van der Waals surface area contributed by atoms with Gasteiger partial charge in [0.2, 0.25) is 0 Å². The van der Waals surface area contributed by atoms with Crippen molar-refractivity contribution in [2.45, 2.75) is 6.92 Å². The Hall–Kier alpha value is -2.52. The number of thiocarbonyl (C=S) groups is 1. The lowest BCUT2D eigenvalue weighted by atomic mass is 10.1. The number of hydrogen-bond acceptors (Lipinski definition) is 7. The summed E-state index contributed by atoms with van der Waals surface area (Å²) < 4.78 is 6.01. The quantitative estimate of drug-likeness (QED) is 0.359. The van der Waals surface area contributed by atoms with Gasteiger partial charge in [-0.3, -0.25) is 14.9 Å². The third-order valence-corrected chi connectivity index (χ3v) is 4.68. The summed E-state index contributed by atoms with van der Waals surface area (Å²) in [6, 6.07) is 8.24. The number of hydrazone groups is 1. The minimum Gasteiger partial charge on any atom is -0.455 e. The van der Waals surface area contributed by atoms with Crippen LogP contribution in [-0.2, 0) is 4.79 Å². The van der Waals surface area contributed by atoms with Crippen LogP contribution in [0.15, 0.2) is 39.9 Å². The summed E-state index contributed by atoms with van der Waals surface area (Å²) in [5.41, 5.74) is 1.20. The summed E-state index contributed by atoms with van der Waals surface area (Å²) in [6.07, 6.45) is 1.39. The Morgan fingerprint density at radius 1 is 1.42 bits per heavy atom. The molecule has 1 aromatic carbocycles. The summed E-state index contributed by atoms with van der Waals surface area (Å²) in [4.78, 5) is 22.2. The average molecular weight is 361 g/mol. The first kappa shape index (κ1) is 16.3. The number of carbonyl (C=O) groups excluding carboxylic acids is 1. The zero-order valence-electron chi connectivity index (χ0n) is 12.5. The first-order valence-corrected chi connectivity index (χ1v) is 8.24. The van der Waals surface area contributed by atoms with Gasteiger partial charge in [0, 0.05) is 17.2 Å². The molecule has 0 saturated carbocycles. The molecule has 2 heterocycles. The maximum absolute atomic E-state index is 11.6. The zero-order valence-corrected chi connectivity index (χ0v) is 14.1. The van der Waals surface area contributed by atoms with E-state index in [9.17, 15) is 14.9 Å². The third-order valence-electron chi connectivity index (χ3n) is 3.35. The number of amides is 1. The van der Waals surface area contributed by atoms with Crippen LogP contribution in [0.5, 0.6) is 0 Å². The van der Waals surface area contributed by atoms with Gasteiger partial charge < -0.3 is 4.42 Å². The lowest BCUT2D eigenvalue weighted by Crippen LogP contribution is -2.22. The van der Waals surface area contributed by atoms with Gasteiger partial charge >= 0.3 is 0 Å². The van der Waals surface area contributed by atoms with Crippen LogP contribution in [0.4, 0.5) is 5.69 Å². The molecule has 0 unspecified atom stereocenters. The van der Waals surface area contributed by atoms with E-state index in [0.717, 1.165) is 5.01 Å². The van der Waals surface area contributed by atoms with Gasteiger partial charge in [0.1, 0.15) is 11.5 Å². The largest absolute Gasteiger partial charge is 0.455 e. The van der Waals surface area contributed by atoms with E-state index in [-0.39, 0.29) is 17.3 Å². The molecular weight excluding hydrogens is 350 g/mol. The van der Waals surface area contributed by atoms with Crippen LogP contribution in [0, 0.1) is 17.0 Å². The van der Waals surface area contributed by atoms with Crippen molar-refractivity contribution >= 4 is 46.1 Å². The number of benzene rings is 1. The number of carbonyl (C=O) groups is 1. The van der Waals surface area contributed by atoms with E-state index < -0.39 is 4.92 Å². The molecule has 0 spiro atoms. The van der Waals surface area contributed by atoms with E-state index in [4.69, 9.17) is 16.6 Å². The summed E-state index contributed by atoms with van der Waals surface area (Å²) >= 11 is 6.28. The molecule has 1 aliphatic rings. The van der Waals surface area contributed by atoms with Crippen LogP contribution in [0.25, 0.3) is 11.3 Å². The Balaban J connectivity index is 1.83. The van der Waals surface area contributed by atoms with E-state index >= 15 is 0 Å². The molecule has 2 aromatic rings. The second-order valence-corrected chi connectivity index (χ2v) is 6.57. The van der Waals surface area contributed by atoms with Crippen LogP contribution < -0.4 is 0 Å². The molecule has 1 saturated heterocycles. The standard InChI is InChI=1S/C15H11N3O4S2/c1-9-2-3-10(6-12(9)18(20)21)13-5-4-11(22-13)7-16-17-14(19)8-24-15(17)23/h2-7H,8H2,1H3/b16-7+.